The summed E-state index contributed by atoms with van der Waals surface area (Å²) in [6.45, 7) is 4.52. The molecule has 1 heterocycles. The van der Waals surface area contributed by atoms with Crippen molar-refractivity contribution >= 4 is 28.6 Å². The number of allylic oxidation sites excluding steroid dienone is 1. The maximum atomic E-state index is 8.17. The van der Waals surface area contributed by atoms with Gasteiger partial charge in [0.15, 0.2) is 18.9 Å². The summed E-state index contributed by atoms with van der Waals surface area (Å²) < 4.78 is 10.2. The second kappa shape index (κ2) is 10.5. The molecule has 1 radical (unpaired) electrons. The standard InChI is InChI=1S/C8H10N.Al.ClH.O/c1-2-6-9-7-4-3-5-8-9;;;/h2-5,7-8H,1,6H2;;1H;/q+1;;;. The summed E-state index contributed by atoms with van der Waals surface area (Å²) in [5.74, 6) is 0. The molecule has 4 heteroatoms. The van der Waals surface area contributed by atoms with Gasteiger partial charge in [-0.3, -0.25) is 0 Å². The molecule has 1 aromatic rings. The van der Waals surface area contributed by atoms with Crippen LogP contribution in [-0.4, -0.2) is 16.2 Å². The first-order valence-electron chi connectivity index (χ1n) is 3.22. The van der Waals surface area contributed by atoms with Gasteiger partial charge in [0.25, 0.3) is 0 Å². The van der Waals surface area contributed by atoms with Crippen LogP contribution in [0.4, 0.5) is 0 Å². The molecular formula is C8H11AlClNO+. The third-order valence-electron chi connectivity index (χ3n) is 1.12. The van der Waals surface area contributed by atoms with Crippen LogP contribution in [0.1, 0.15) is 0 Å². The predicted octanol–water partition coefficient (Wildman–Crippen LogP) is 1.08. The van der Waals surface area contributed by atoms with Crippen molar-refractivity contribution in [3.8, 4) is 0 Å². The molecule has 0 aliphatic carbocycles. The Morgan fingerprint density at radius 3 is 2.17 bits per heavy atom. The molecular weight excluding hydrogens is 189 g/mol. The Balaban J connectivity index is 0. The van der Waals surface area contributed by atoms with Crippen LogP contribution >= 0.6 is 12.4 Å². The number of pyridine rings is 1. The fourth-order valence-corrected chi connectivity index (χ4v) is 0.705. The zero-order chi connectivity index (χ0) is 8.53. The minimum absolute atomic E-state index is 0. The summed E-state index contributed by atoms with van der Waals surface area (Å²) in [5.41, 5.74) is 0. The van der Waals surface area contributed by atoms with E-state index >= 15 is 0 Å². The number of hydrogen-bond acceptors (Lipinski definition) is 1. The van der Waals surface area contributed by atoms with E-state index in [1.807, 2.05) is 36.7 Å². The van der Waals surface area contributed by atoms with Crippen LogP contribution in [0.15, 0.2) is 43.2 Å². The van der Waals surface area contributed by atoms with Crippen molar-refractivity contribution in [2.45, 2.75) is 6.54 Å². The Hall–Kier alpha value is -0.488. The molecule has 0 N–H and O–H groups in total. The van der Waals surface area contributed by atoms with E-state index in [1.165, 1.54) is 16.2 Å². The maximum absolute atomic E-state index is 8.17. The SMILES string of the molecule is C=CC[n+]1ccccc1.Cl.[O]=[Al]. The molecule has 0 aliphatic rings. The Kier molecular flexibility index (Phi) is 12.3. The monoisotopic (exact) mass is 199 g/mol. The van der Waals surface area contributed by atoms with Gasteiger partial charge in [-0.15, -0.1) is 12.4 Å². The van der Waals surface area contributed by atoms with Gasteiger partial charge < -0.3 is 0 Å². The Bertz CT molecular complexity index is 205. The van der Waals surface area contributed by atoms with Gasteiger partial charge in [-0.2, -0.15) is 0 Å². The van der Waals surface area contributed by atoms with Crippen LogP contribution in [0.25, 0.3) is 0 Å². The van der Waals surface area contributed by atoms with Crippen molar-refractivity contribution in [3.05, 3.63) is 43.2 Å². The normalized spacial score (nSPS) is 6.92. The van der Waals surface area contributed by atoms with Crippen molar-refractivity contribution in [2.24, 2.45) is 0 Å². The van der Waals surface area contributed by atoms with Crippen molar-refractivity contribution in [2.75, 3.05) is 0 Å². The van der Waals surface area contributed by atoms with Crippen LogP contribution in [0.3, 0.4) is 0 Å². The van der Waals surface area contributed by atoms with Crippen LogP contribution in [0.2, 0.25) is 0 Å². The summed E-state index contributed by atoms with van der Waals surface area (Å²) in [5, 5.41) is 0. The van der Waals surface area contributed by atoms with E-state index in [1.54, 1.807) is 0 Å². The zero-order valence-electron chi connectivity index (χ0n) is 6.72. The average molecular weight is 200 g/mol. The number of halogens is 1. The molecule has 63 valence electrons. The van der Waals surface area contributed by atoms with Gasteiger partial charge in [0.1, 0.15) is 0 Å². The van der Waals surface area contributed by atoms with Gasteiger partial charge in [-0.25, -0.2) is 4.57 Å². The molecule has 12 heavy (non-hydrogen) atoms. The summed E-state index contributed by atoms with van der Waals surface area (Å²) in [7, 11) is 0. The first-order chi connectivity index (χ1) is 5.43. The number of aromatic nitrogens is 1. The quantitative estimate of drug-likeness (QED) is 0.397. The van der Waals surface area contributed by atoms with Crippen molar-refractivity contribution in [1.29, 1.82) is 0 Å². The molecule has 0 amide bonds. The van der Waals surface area contributed by atoms with E-state index in [-0.39, 0.29) is 12.4 Å². The van der Waals surface area contributed by atoms with E-state index in [2.05, 4.69) is 11.1 Å². The van der Waals surface area contributed by atoms with Crippen LogP contribution < -0.4 is 4.57 Å². The van der Waals surface area contributed by atoms with E-state index < -0.39 is 0 Å². The zero-order valence-corrected chi connectivity index (χ0v) is 8.69. The summed E-state index contributed by atoms with van der Waals surface area (Å²) in [6.07, 6.45) is 5.91. The van der Waals surface area contributed by atoms with Crippen LogP contribution in [0, 0.1) is 0 Å². The molecule has 1 aromatic heterocycles. The van der Waals surface area contributed by atoms with Gasteiger partial charge in [0.2, 0.25) is 0 Å². The molecule has 0 saturated carbocycles. The van der Waals surface area contributed by atoms with Gasteiger partial charge in [0, 0.05) is 12.1 Å². The molecule has 0 fully saturated rings. The topological polar surface area (TPSA) is 20.9 Å². The molecule has 0 bridgehead atoms. The molecule has 0 aliphatic heterocycles. The van der Waals surface area contributed by atoms with Gasteiger partial charge in [0.05, 0.1) is 0 Å². The van der Waals surface area contributed by atoms with E-state index in [0.717, 1.165) is 6.54 Å². The second-order valence-electron chi connectivity index (χ2n) is 1.86. The summed E-state index contributed by atoms with van der Waals surface area (Å²) >= 11 is 1.17. The summed E-state index contributed by atoms with van der Waals surface area (Å²) in [6, 6.07) is 6.01. The number of nitrogens with zero attached hydrogens (tertiary/aromatic N) is 1. The Labute approximate surface area is 87.0 Å². The predicted molar refractivity (Wildman–Crippen MR) is 50.5 cm³/mol. The van der Waals surface area contributed by atoms with Crippen molar-refractivity contribution in [1.82, 2.24) is 0 Å². The molecule has 0 atom stereocenters. The fraction of sp³-hybridized carbons (Fsp3) is 0.125. The van der Waals surface area contributed by atoms with Gasteiger partial charge >= 0.3 is 20.0 Å². The Morgan fingerprint density at radius 2 is 1.75 bits per heavy atom. The molecule has 0 saturated heterocycles. The average Bonchev–Trinajstić information content (AvgIpc) is 2.11. The third-order valence-corrected chi connectivity index (χ3v) is 1.12. The first-order valence-corrected chi connectivity index (χ1v) is 3.69. The number of rotatable bonds is 2. The van der Waals surface area contributed by atoms with Crippen LogP contribution in [-0.2, 0) is 10.3 Å². The fourth-order valence-electron chi connectivity index (χ4n) is 0.705. The molecule has 0 aromatic carbocycles. The number of hydrogen-bond donors (Lipinski definition) is 0. The van der Waals surface area contributed by atoms with E-state index in [0.29, 0.717) is 0 Å². The van der Waals surface area contributed by atoms with Gasteiger partial charge in [-0.05, 0) is 6.08 Å². The second-order valence-corrected chi connectivity index (χ2v) is 1.86. The molecule has 0 unspecified atom stereocenters. The third kappa shape index (κ3) is 6.24. The van der Waals surface area contributed by atoms with Crippen LogP contribution in [0.5, 0.6) is 0 Å². The first kappa shape index (κ1) is 14.1. The van der Waals surface area contributed by atoms with Crippen molar-refractivity contribution in [3.63, 3.8) is 0 Å². The van der Waals surface area contributed by atoms with Crippen molar-refractivity contribution < 1.29 is 8.37 Å². The molecule has 0 spiro atoms. The minimum atomic E-state index is 0. The Morgan fingerprint density at radius 1 is 1.25 bits per heavy atom. The van der Waals surface area contributed by atoms with Gasteiger partial charge in [-0.1, -0.05) is 12.6 Å². The molecule has 2 nitrogen and oxygen atoms in total. The molecule has 1 rings (SSSR count). The van der Waals surface area contributed by atoms with E-state index in [4.69, 9.17) is 3.80 Å². The summed E-state index contributed by atoms with van der Waals surface area (Å²) in [4.78, 5) is 0. The van der Waals surface area contributed by atoms with E-state index in [9.17, 15) is 0 Å².